The van der Waals surface area contributed by atoms with Crippen molar-refractivity contribution in [3.8, 4) is 0 Å². The lowest BCUT2D eigenvalue weighted by atomic mass is 9.90. The summed E-state index contributed by atoms with van der Waals surface area (Å²) in [6.07, 6.45) is 0. The van der Waals surface area contributed by atoms with E-state index in [1.165, 1.54) is 0 Å². The second-order valence-electron chi connectivity index (χ2n) is 3.87. The van der Waals surface area contributed by atoms with Crippen molar-refractivity contribution in [1.82, 2.24) is 4.98 Å². The minimum Gasteiger partial charge on any atom is -0.383 e. The summed E-state index contributed by atoms with van der Waals surface area (Å²) in [5.41, 5.74) is 2.92. The van der Waals surface area contributed by atoms with Crippen molar-refractivity contribution < 1.29 is 0 Å². The highest BCUT2D eigenvalue weighted by Crippen LogP contribution is 2.33. The van der Waals surface area contributed by atoms with E-state index in [9.17, 15) is 0 Å². The summed E-state index contributed by atoms with van der Waals surface area (Å²) in [7, 11) is 5.61. The fourth-order valence-corrected chi connectivity index (χ4v) is 1.53. The summed E-state index contributed by atoms with van der Waals surface area (Å²) in [5, 5.41) is 3.30. The summed E-state index contributed by atoms with van der Waals surface area (Å²) in [6.45, 7) is 5.27. The lowest BCUT2D eigenvalue weighted by Crippen LogP contribution is -2.22. The molecule has 0 atom stereocenters. The van der Waals surface area contributed by atoms with Gasteiger partial charge in [0, 0.05) is 12.0 Å². The minimum absolute atomic E-state index is 0.116. The SMILES string of the molecule is [B]c1ccc2c(n1)C(C)(C)CN2. The van der Waals surface area contributed by atoms with Crippen molar-refractivity contribution in [3.05, 3.63) is 17.8 Å². The van der Waals surface area contributed by atoms with E-state index in [0.29, 0.717) is 5.59 Å². The Morgan fingerprint density at radius 3 is 3.00 bits per heavy atom. The molecule has 1 N–H and O–H groups in total. The third-order valence-electron chi connectivity index (χ3n) is 2.28. The first kappa shape index (κ1) is 7.65. The van der Waals surface area contributed by atoms with Crippen molar-refractivity contribution in [2.45, 2.75) is 19.3 Å². The Morgan fingerprint density at radius 1 is 1.50 bits per heavy atom. The molecular weight excluding hydrogens is 147 g/mol. The van der Waals surface area contributed by atoms with E-state index in [-0.39, 0.29) is 5.41 Å². The highest BCUT2D eigenvalue weighted by molar-refractivity contribution is 6.30. The van der Waals surface area contributed by atoms with Gasteiger partial charge in [0.25, 0.3) is 0 Å². The Balaban J connectivity index is 2.57. The molecule has 2 rings (SSSR count). The Hall–Kier alpha value is -0.985. The van der Waals surface area contributed by atoms with Gasteiger partial charge >= 0.3 is 0 Å². The van der Waals surface area contributed by atoms with Gasteiger partial charge in [-0.25, -0.2) is 0 Å². The Morgan fingerprint density at radius 2 is 2.25 bits per heavy atom. The summed E-state index contributed by atoms with van der Waals surface area (Å²) < 4.78 is 0. The van der Waals surface area contributed by atoms with Gasteiger partial charge in [0.2, 0.25) is 0 Å². The van der Waals surface area contributed by atoms with Crippen LogP contribution >= 0.6 is 0 Å². The molecule has 0 amide bonds. The van der Waals surface area contributed by atoms with Crippen LogP contribution in [0.2, 0.25) is 0 Å². The molecule has 0 spiro atoms. The van der Waals surface area contributed by atoms with Crippen LogP contribution in [-0.2, 0) is 5.41 Å². The molecule has 0 bridgehead atoms. The zero-order chi connectivity index (χ0) is 8.77. The number of aromatic nitrogens is 1. The van der Waals surface area contributed by atoms with Crippen LogP contribution in [0, 0.1) is 0 Å². The maximum absolute atomic E-state index is 5.61. The molecule has 0 saturated carbocycles. The normalized spacial score (nSPS) is 18.5. The van der Waals surface area contributed by atoms with E-state index in [4.69, 9.17) is 7.85 Å². The highest BCUT2D eigenvalue weighted by Gasteiger charge is 2.30. The van der Waals surface area contributed by atoms with Gasteiger partial charge in [-0.2, -0.15) is 0 Å². The second kappa shape index (κ2) is 2.25. The molecule has 2 radical (unpaired) electrons. The zero-order valence-electron chi connectivity index (χ0n) is 7.39. The van der Waals surface area contributed by atoms with Gasteiger partial charge in [-0.3, -0.25) is 4.98 Å². The Labute approximate surface area is 73.8 Å². The average Bonchev–Trinajstić information content (AvgIpc) is 2.28. The van der Waals surface area contributed by atoms with Crippen LogP contribution in [0.3, 0.4) is 0 Å². The zero-order valence-corrected chi connectivity index (χ0v) is 7.39. The Kier molecular flexibility index (Phi) is 1.44. The van der Waals surface area contributed by atoms with Crippen LogP contribution < -0.4 is 10.9 Å². The van der Waals surface area contributed by atoms with E-state index in [1.54, 1.807) is 0 Å². The molecule has 12 heavy (non-hydrogen) atoms. The van der Waals surface area contributed by atoms with Crippen molar-refractivity contribution in [3.63, 3.8) is 0 Å². The first-order valence-electron chi connectivity index (χ1n) is 4.10. The standard InChI is InChI=1S/C9H11BN2/c1-9(2)5-11-6-3-4-7(10)12-8(6)9/h3-4,11H,5H2,1-2H3. The topological polar surface area (TPSA) is 24.9 Å². The first-order valence-corrected chi connectivity index (χ1v) is 4.10. The number of fused-ring (bicyclic) bond motifs is 1. The van der Waals surface area contributed by atoms with E-state index in [1.807, 2.05) is 12.1 Å². The molecule has 60 valence electrons. The number of anilines is 1. The van der Waals surface area contributed by atoms with Crippen LogP contribution in [0.25, 0.3) is 0 Å². The second-order valence-corrected chi connectivity index (χ2v) is 3.87. The van der Waals surface area contributed by atoms with Gasteiger partial charge in [-0.05, 0) is 17.7 Å². The van der Waals surface area contributed by atoms with Crippen LogP contribution in [0.4, 0.5) is 5.69 Å². The van der Waals surface area contributed by atoms with Gasteiger partial charge in [0.05, 0.1) is 11.4 Å². The van der Waals surface area contributed by atoms with Gasteiger partial charge in [0.1, 0.15) is 7.85 Å². The molecule has 1 aromatic heterocycles. The van der Waals surface area contributed by atoms with Gasteiger partial charge in [-0.15, -0.1) is 0 Å². The largest absolute Gasteiger partial charge is 0.383 e. The lowest BCUT2D eigenvalue weighted by molar-refractivity contribution is 0.570. The van der Waals surface area contributed by atoms with E-state index < -0.39 is 0 Å². The molecule has 2 nitrogen and oxygen atoms in total. The average molecular weight is 158 g/mol. The quantitative estimate of drug-likeness (QED) is 0.558. The number of rotatable bonds is 0. The van der Waals surface area contributed by atoms with Crippen LogP contribution in [0.5, 0.6) is 0 Å². The molecule has 1 aromatic rings. The molecule has 0 saturated heterocycles. The maximum atomic E-state index is 5.61. The smallest absolute Gasteiger partial charge is 0.141 e. The first-order chi connectivity index (χ1) is 5.59. The van der Waals surface area contributed by atoms with Crippen molar-refractivity contribution in [2.24, 2.45) is 0 Å². The number of pyridine rings is 1. The number of nitrogens with zero attached hydrogens (tertiary/aromatic N) is 1. The molecular formula is C9H11BN2. The predicted octanol–water partition coefficient (Wildman–Crippen LogP) is 0.579. The molecule has 1 aliphatic heterocycles. The Bertz CT molecular complexity index is 320. The van der Waals surface area contributed by atoms with Gasteiger partial charge in [-0.1, -0.05) is 13.8 Å². The molecule has 0 aromatic carbocycles. The number of nitrogens with one attached hydrogen (secondary N) is 1. The van der Waals surface area contributed by atoms with Crippen LogP contribution in [0.1, 0.15) is 19.5 Å². The van der Waals surface area contributed by atoms with Crippen molar-refractivity contribution in [1.29, 1.82) is 0 Å². The fourth-order valence-electron chi connectivity index (χ4n) is 1.53. The van der Waals surface area contributed by atoms with Gasteiger partial charge in [0.15, 0.2) is 0 Å². The minimum atomic E-state index is 0.116. The highest BCUT2D eigenvalue weighted by atomic mass is 15.0. The molecule has 1 aliphatic rings. The summed E-state index contributed by atoms with van der Waals surface area (Å²) in [6, 6.07) is 3.82. The van der Waals surface area contributed by atoms with Crippen LogP contribution in [-0.4, -0.2) is 19.4 Å². The van der Waals surface area contributed by atoms with E-state index >= 15 is 0 Å². The summed E-state index contributed by atoms with van der Waals surface area (Å²) in [4.78, 5) is 4.32. The van der Waals surface area contributed by atoms with Gasteiger partial charge < -0.3 is 5.32 Å². The molecule has 2 heterocycles. The summed E-state index contributed by atoms with van der Waals surface area (Å²) >= 11 is 0. The fraction of sp³-hybridized carbons (Fsp3) is 0.444. The lowest BCUT2D eigenvalue weighted by Gasteiger charge is -2.15. The van der Waals surface area contributed by atoms with Crippen LogP contribution in [0.15, 0.2) is 12.1 Å². The summed E-state index contributed by atoms with van der Waals surface area (Å²) in [5.74, 6) is 0. The monoisotopic (exact) mass is 158 g/mol. The number of hydrogen-bond acceptors (Lipinski definition) is 2. The molecule has 0 aliphatic carbocycles. The van der Waals surface area contributed by atoms with E-state index in [2.05, 4.69) is 24.1 Å². The van der Waals surface area contributed by atoms with E-state index in [0.717, 1.165) is 17.9 Å². The van der Waals surface area contributed by atoms with Crippen molar-refractivity contribution in [2.75, 3.05) is 11.9 Å². The van der Waals surface area contributed by atoms with Crippen molar-refractivity contribution >= 4 is 19.1 Å². The molecule has 0 unspecified atom stereocenters. The third kappa shape index (κ3) is 1.00. The predicted molar refractivity (Wildman–Crippen MR) is 51.1 cm³/mol. The molecule has 3 heteroatoms. The number of hydrogen-bond donors (Lipinski definition) is 1. The third-order valence-corrected chi connectivity index (χ3v) is 2.28. The maximum Gasteiger partial charge on any atom is 0.141 e. The molecule has 0 fully saturated rings.